The summed E-state index contributed by atoms with van der Waals surface area (Å²) in [5.74, 6) is 0.788. The molecule has 0 atom stereocenters. The second kappa shape index (κ2) is 13.2. The van der Waals surface area contributed by atoms with E-state index in [1.807, 2.05) is 48.5 Å². The fraction of sp³-hybridized carbons (Fsp3) is 0.0500. The van der Waals surface area contributed by atoms with Crippen LogP contribution < -0.4 is 15.5 Å². The standard InChI is InChI=1S/C15H15N3O2S.C5H5N.Ni/c1-20-13-9-5-6-11(14(13)19)10-16-18-15(21)17-12-7-3-2-4-8-12;1-2-4-6-5-3-1;/h2-10,19H,1H3,(H2,17,18,21);1-5H;/q;;+2/p+1. The molecule has 2 aromatic carbocycles. The maximum Gasteiger partial charge on any atom is 2.00 e. The van der Waals surface area contributed by atoms with Gasteiger partial charge in [-0.15, -0.1) is 0 Å². The van der Waals surface area contributed by atoms with E-state index < -0.39 is 0 Å². The first-order chi connectivity index (χ1) is 13.2. The molecule has 0 saturated carbocycles. The molecule has 0 fully saturated rings. The summed E-state index contributed by atoms with van der Waals surface area (Å²) in [7, 11) is 1.53. The van der Waals surface area contributed by atoms with Crippen molar-refractivity contribution in [2.75, 3.05) is 12.4 Å². The molecule has 0 unspecified atom stereocenters. The van der Waals surface area contributed by atoms with Gasteiger partial charge >= 0.3 is 22.2 Å². The van der Waals surface area contributed by atoms with E-state index in [-0.39, 0.29) is 22.2 Å². The maximum atomic E-state index is 7.92. The summed E-state index contributed by atoms with van der Waals surface area (Å²) in [6.45, 7) is 0. The van der Waals surface area contributed by atoms with Crippen LogP contribution in [0.4, 0.5) is 5.69 Å². The number of aromatic nitrogens is 1. The summed E-state index contributed by atoms with van der Waals surface area (Å²) in [4.78, 5) is 3.78. The molecule has 8 heteroatoms. The normalized spacial score (nSPS) is 9.46. The number of thiocarbonyl (C=S) groups is 1. The fourth-order valence-electron chi connectivity index (χ4n) is 1.98. The van der Waals surface area contributed by atoms with Crippen LogP contribution in [0.2, 0.25) is 0 Å². The fourth-order valence-corrected chi connectivity index (χ4v) is 2.15. The molecule has 0 radical (unpaired) electrons. The van der Waals surface area contributed by atoms with Crippen molar-refractivity contribution in [3.63, 3.8) is 0 Å². The molecule has 0 aliphatic heterocycles. The number of ether oxygens (including phenoxy) is 1. The maximum absolute atomic E-state index is 7.92. The number of rotatable bonds is 4. The summed E-state index contributed by atoms with van der Waals surface area (Å²) < 4.78 is 5.08. The third-order valence-corrected chi connectivity index (χ3v) is 3.44. The van der Waals surface area contributed by atoms with Gasteiger partial charge in [-0.1, -0.05) is 30.3 Å². The Balaban J connectivity index is 0.000000478. The molecule has 146 valence electrons. The second-order valence-electron chi connectivity index (χ2n) is 5.14. The van der Waals surface area contributed by atoms with Gasteiger partial charge in [-0.3, -0.25) is 10.4 Å². The van der Waals surface area contributed by atoms with Gasteiger partial charge in [0.2, 0.25) is 5.75 Å². The van der Waals surface area contributed by atoms with E-state index in [1.165, 1.54) is 13.3 Å². The summed E-state index contributed by atoms with van der Waals surface area (Å²) in [6.07, 6.45) is 5.03. The molecule has 0 amide bonds. The van der Waals surface area contributed by atoms with Gasteiger partial charge < -0.3 is 15.2 Å². The van der Waals surface area contributed by atoms with Gasteiger partial charge in [-0.05, 0) is 48.6 Å². The number of methoxy groups -OCH3 is 1. The molecular weight excluding hydrogens is 419 g/mol. The average molecular weight is 440 g/mol. The van der Waals surface area contributed by atoms with E-state index in [0.717, 1.165) is 5.69 Å². The quantitative estimate of drug-likeness (QED) is 0.213. The van der Waals surface area contributed by atoms with Crippen molar-refractivity contribution >= 4 is 29.2 Å². The molecule has 0 saturated heterocycles. The van der Waals surface area contributed by atoms with Gasteiger partial charge in [0.15, 0.2) is 5.11 Å². The summed E-state index contributed by atoms with van der Waals surface area (Å²) in [6, 6.07) is 20.6. The van der Waals surface area contributed by atoms with Crippen molar-refractivity contribution in [2.24, 2.45) is 5.10 Å². The first-order valence-corrected chi connectivity index (χ1v) is 8.50. The Morgan fingerprint density at radius 2 is 1.71 bits per heavy atom. The molecule has 0 spiro atoms. The molecule has 0 aliphatic rings. The Bertz CT molecular complexity index is 838. The van der Waals surface area contributed by atoms with Gasteiger partial charge in [-0.2, -0.15) is 5.10 Å². The first-order valence-electron chi connectivity index (χ1n) is 8.09. The number of nitrogens with zero attached hydrogens (tertiary/aromatic N) is 2. The van der Waals surface area contributed by atoms with Crippen LogP contribution in [0.15, 0.2) is 84.2 Å². The predicted molar refractivity (Wildman–Crippen MR) is 114 cm³/mol. The van der Waals surface area contributed by atoms with Gasteiger partial charge in [0.1, 0.15) is 0 Å². The minimum Gasteiger partial charge on any atom is -0.590 e. The van der Waals surface area contributed by atoms with Gasteiger partial charge in [0.05, 0.1) is 18.9 Å². The monoisotopic (exact) mass is 439 g/mol. The molecule has 1 heterocycles. The third-order valence-electron chi connectivity index (χ3n) is 3.25. The molecule has 4 N–H and O–H groups in total. The zero-order chi connectivity index (χ0) is 19.3. The van der Waals surface area contributed by atoms with Crippen molar-refractivity contribution < 1.29 is 26.3 Å². The topological polar surface area (TPSA) is 81.4 Å². The number of hydrogen-bond acceptors (Lipinski definition) is 4. The third kappa shape index (κ3) is 8.16. The number of hydrazone groups is 1. The smallest absolute Gasteiger partial charge is 0.590 e. The summed E-state index contributed by atoms with van der Waals surface area (Å²) in [5.41, 5.74) is 4.24. The van der Waals surface area contributed by atoms with Crippen LogP contribution in [0.5, 0.6) is 11.5 Å². The van der Waals surface area contributed by atoms with Crippen molar-refractivity contribution in [3.8, 4) is 11.5 Å². The van der Waals surface area contributed by atoms with Gasteiger partial charge in [0, 0.05) is 18.1 Å². The Labute approximate surface area is 179 Å². The second-order valence-corrected chi connectivity index (χ2v) is 5.55. The van der Waals surface area contributed by atoms with E-state index in [9.17, 15) is 0 Å². The van der Waals surface area contributed by atoms with Crippen molar-refractivity contribution in [2.45, 2.75) is 0 Å². The first kappa shape index (κ1) is 23.1. The molecule has 3 aromatic rings. The van der Waals surface area contributed by atoms with E-state index in [1.54, 1.807) is 30.6 Å². The number of hydrogen-bond donors (Lipinski definition) is 2. The van der Waals surface area contributed by atoms with Crippen LogP contribution in [-0.4, -0.2) is 28.5 Å². The van der Waals surface area contributed by atoms with Crippen LogP contribution in [0, 0.1) is 0 Å². The SMILES string of the molecule is COc1cccc(C=NNC(=S)Nc2ccccc2)c1[OH2+].[Ni+2].c1ccncc1. The van der Waals surface area contributed by atoms with Crippen LogP contribution in [0.3, 0.4) is 0 Å². The molecule has 6 nitrogen and oxygen atoms in total. The van der Waals surface area contributed by atoms with Crippen molar-refractivity contribution in [3.05, 3.63) is 84.7 Å². The number of anilines is 1. The number of para-hydroxylation sites is 2. The summed E-state index contributed by atoms with van der Waals surface area (Å²) >= 11 is 5.13. The van der Waals surface area contributed by atoms with E-state index >= 15 is 0 Å². The van der Waals surface area contributed by atoms with E-state index in [4.69, 9.17) is 22.1 Å². The zero-order valence-electron chi connectivity index (χ0n) is 15.1. The molecular formula is C20H21N4NiO2S+3. The van der Waals surface area contributed by atoms with Crippen LogP contribution in [0.25, 0.3) is 0 Å². The van der Waals surface area contributed by atoms with Gasteiger partial charge in [-0.25, -0.2) is 0 Å². The van der Waals surface area contributed by atoms with Crippen LogP contribution in [0.1, 0.15) is 5.56 Å². The number of nitrogens with one attached hydrogen (secondary N) is 2. The zero-order valence-corrected chi connectivity index (χ0v) is 16.9. The van der Waals surface area contributed by atoms with E-state index in [0.29, 0.717) is 16.4 Å². The van der Waals surface area contributed by atoms with E-state index in [2.05, 4.69) is 20.8 Å². The van der Waals surface area contributed by atoms with Crippen LogP contribution in [-0.2, 0) is 16.5 Å². The average Bonchev–Trinajstić information content (AvgIpc) is 2.72. The minimum absolute atomic E-state index is 0. The molecule has 0 bridgehead atoms. The van der Waals surface area contributed by atoms with Crippen LogP contribution >= 0.6 is 12.2 Å². The molecule has 1 aromatic heterocycles. The molecule has 28 heavy (non-hydrogen) atoms. The Hall–Kier alpha value is -2.96. The molecule has 0 aliphatic carbocycles. The number of benzene rings is 2. The van der Waals surface area contributed by atoms with Gasteiger partial charge in [0.25, 0.3) is 0 Å². The summed E-state index contributed by atoms with van der Waals surface area (Å²) in [5, 5.41) is 15.3. The Kier molecular flexibility index (Phi) is 10.9. The van der Waals surface area contributed by atoms with Crippen molar-refractivity contribution in [1.82, 2.24) is 10.4 Å². The number of pyridine rings is 1. The molecule has 3 rings (SSSR count). The largest absolute Gasteiger partial charge is 2.00 e. The Morgan fingerprint density at radius 3 is 2.29 bits per heavy atom. The van der Waals surface area contributed by atoms with Crippen molar-refractivity contribution in [1.29, 1.82) is 0 Å². The Morgan fingerprint density at radius 1 is 1.04 bits per heavy atom. The predicted octanol–water partition coefficient (Wildman–Crippen LogP) is 3.53. The minimum atomic E-state index is 0.